The highest BCUT2D eigenvalue weighted by Gasteiger charge is 2.24. The van der Waals surface area contributed by atoms with Crippen LogP contribution in [-0.2, 0) is 4.74 Å². The van der Waals surface area contributed by atoms with Crippen molar-refractivity contribution < 1.29 is 9.64 Å². The minimum absolute atomic E-state index is 0.428. The molecule has 0 aliphatic carbocycles. The number of hydrogen-bond acceptors (Lipinski definition) is 2. The van der Waals surface area contributed by atoms with E-state index in [1.165, 1.54) is 43.1 Å². The molecule has 1 heterocycles. The van der Waals surface area contributed by atoms with Crippen LogP contribution in [0.1, 0.15) is 26.7 Å². The van der Waals surface area contributed by atoms with Crippen molar-refractivity contribution in [2.24, 2.45) is 0 Å². The van der Waals surface area contributed by atoms with Gasteiger partial charge >= 0.3 is 0 Å². The van der Waals surface area contributed by atoms with Crippen molar-refractivity contribution in [1.29, 1.82) is 0 Å². The van der Waals surface area contributed by atoms with E-state index in [1.54, 1.807) is 4.90 Å². The quantitative estimate of drug-likeness (QED) is 0.634. The van der Waals surface area contributed by atoms with E-state index in [9.17, 15) is 0 Å². The van der Waals surface area contributed by atoms with Crippen LogP contribution in [0.15, 0.2) is 35.2 Å². The first kappa shape index (κ1) is 14.9. The third kappa shape index (κ3) is 5.55. The number of ether oxygens (including phenoxy) is 1. The Morgan fingerprint density at radius 1 is 1.11 bits per heavy atom. The molecular formula is C16H26NOS+. The number of unbranched alkanes of at least 4 members (excludes halogenated alkanes) is 1. The van der Waals surface area contributed by atoms with Crippen molar-refractivity contribution >= 4 is 11.8 Å². The number of nitrogens with one attached hydrogen (secondary N) is 1. The summed E-state index contributed by atoms with van der Waals surface area (Å²) in [5.41, 5.74) is 0. The van der Waals surface area contributed by atoms with E-state index in [0.29, 0.717) is 12.2 Å². The van der Waals surface area contributed by atoms with Crippen LogP contribution in [0.2, 0.25) is 0 Å². The zero-order valence-corrected chi connectivity index (χ0v) is 12.9. The second-order valence-electron chi connectivity index (χ2n) is 5.53. The molecule has 1 aliphatic rings. The third-order valence-corrected chi connectivity index (χ3v) is 4.65. The Hall–Kier alpha value is -0.510. The predicted molar refractivity (Wildman–Crippen MR) is 82.0 cm³/mol. The van der Waals surface area contributed by atoms with Crippen molar-refractivity contribution in [3.63, 3.8) is 0 Å². The lowest BCUT2D eigenvalue weighted by atomic mass is 10.2. The van der Waals surface area contributed by atoms with E-state index in [0.717, 1.165) is 0 Å². The van der Waals surface area contributed by atoms with Gasteiger partial charge < -0.3 is 9.64 Å². The largest absolute Gasteiger partial charge is 0.364 e. The molecule has 19 heavy (non-hydrogen) atoms. The molecule has 0 unspecified atom stereocenters. The highest BCUT2D eigenvalue weighted by molar-refractivity contribution is 7.99. The summed E-state index contributed by atoms with van der Waals surface area (Å²) >= 11 is 1.97. The summed E-state index contributed by atoms with van der Waals surface area (Å²) in [4.78, 5) is 3.11. The molecule has 0 amide bonds. The van der Waals surface area contributed by atoms with E-state index in [-0.39, 0.29) is 0 Å². The van der Waals surface area contributed by atoms with E-state index < -0.39 is 0 Å². The van der Waals surface area contributed by atoms with Gasteiger partial charge in [-0.25, -0.2) is 0 Å². The van der Waals surface area contributed by atoms with Gasteiger partial charge in [0.25, 0.3) is 0 Å². The lowest BCUT2D eigenvalue weighted by Gasteiger charge is -2.32. The van der Waals surface area contributed by atoms with Gasteiger partial charge in [-0.1, -0.05) is 18.2 Å². The maximum absolute atomic E-state index is 5.78. The summed E-state index contributed by atoms with van der Waals surface area (Å²) in [6, 6.07) is 10.7. The summed E-state index contributed by atoms with van der Waals surface area (Å²) in [6.45, 7) is 8.04. The zero-order valence-electron chi connectivity index (χ0n) is 12.1. The average molecular weight is 280 g/mol. The van der Waals surface area contributed by atoms with E-state index in [1.807, 2.05) is 11.8 Å². The summed E-state index contributed by atoms with van der Waals surface area (Å²) < 4.78 is 5.78. The van der Waals surface area contributed by atoms with Crippen molar-refractivity contribution in [2.45, 2.75) is 43.8 Å². The lowest BCUT2D eigenvalue weighted by Crippen LogP contribution is -3.15. The fourth-order valence-electron chi connectivity index (χ4n) is 2.78. The molecule has 0 saturated carbocycles. The van der Waals surface area contributed by atoms with Crippen molar-refractivity contribution in [3.05, 3.63) is 30.3 Å². The van der Waals surface area contributed by atoms with Gasteiger partial charge in [-0.2, -0.15) is 0 Å². The molecule has 0 aromatic heterocycles. The molecule has 0 bridgehead atoms. The Balaban J connectivity index is 1.57. The van der Waals surface area contributed by atoms with Crippen LogP contribution in [0.25, 0.3) is 0 Å². The van der Waals surface area contributed by atoms with E-state index in [4.69, 9.17) is 4.74 Å². The molecule has 1 fully saturated rings. The lowest BCUT2D eigenvalue weighted by molar-refractivity contribution is -0.915. The Morgan fingerprint density at radius 3 is 2.47 bits per heavy atom. The predicted octanol–water partition coefficient (Wildman–Crippen LogP) is 2.25. The molecule has 0 radical (unpaired) electrons. The second kappa shape index (κ2) is 7.93. The third-order valence-electron chi connectivity index (χ3n) is 3.55. The van der Waals surface area contributed by atoms with Crippen molar-refractivity contribution in [2.75, 3.05) is 25.4 Å². The molecule has 1 aromatic carbocycles. The molecule has 1 aromatic rings. The first-order valence-electron chi connectivity index (χ1n) is 7.41. The molecular weight excluding hydrogens is 254 g/mol. The Kier molecular flexibility index (Phi) is 6.21. The van der Waals surface area contributed by atoms with Crippen LogP contribution in [0, 0.1) is 0 Å². The second-order valence-corrected chi connectivity index (χ2v) is 6.70. The first-order valence-corrected chi connectivity index (χ1v) is 8.39. The van der Waals surface area contributed by atoms with Crippen LogP contribution in [0.4, 0.5) is 0 Å². The van der Waals surface area contributed by atoms with Gasteiger partial charge in [-0.05, 0) is 44.6 Å². The van der Waals surface area contributed by atoms with Gasteiger partial charge in [0, 0.05) is 4.90 Å². The monoisotopic (exact) mass is 280 g/mol. The standard InChI is InChI=1S/C16H25NOS/c1-14-12-17(13-15(2)18-14)10-6-7-11-19-16-8-4-3-5-9-16/h3-5,8-9,14-15H,6-7,10-13H2,1-2H3/p+1/t14-,15-/m0/s1. The zero-order chi connectivity index (χ0) is 13.5. The summed E-state index contributed by atoms with van der Waals surface area (Å²) in [7, 11) is 0. The molecule has 2 atom stereocenters. The molecule has 106 valence electrons. The fraction of sp³-hybridized carbons (Fsp3) is 0.625. The minimum atomic E-state index is 0.428. The van der Waals surface area contributed by atoms with E-state index >= 15 is 0 Å². The molecule has 1 aliphatic heterocycles. The molecule has 2 rings (SSSR count). The smallest absolute Gasteiger partial charge is 0.104 e. The van der Waals surface area contributed by atoms with Gasteiger partial charge in [-0.3, -0.25) is 0 Å². The normalized spacial score (nSPS) is 27.4. The first-order chi connectivity index (χ1) is 9.24. The highest BCUT2D eigenvalue weighted by Crippen LogP contribution is 2.17. The van der Waals surface area contributed by atoms with Crippen molar-refractivity contribution in [3.8, 4) is 0 Å². The number of rotatable bonds is 6. The topological polar surface area (TPSA) is 13.7 Å². The average Bonchev–Trinajstić information content (AvgIpc) is 2.38. The molecule has 1 saturated heterocycles. The molecule has 0 spiro atoms. The van der Waals surface area contributed by atoms with Crippen LogP contribution in [-0.4, -0.2) is 37.6 Å². The maximum atomic E-state index is 5.78. The van der Waals surface area contributed by atoms with Gasteiger partial charge in [0.15, 0.2) is 0 Å². The summed E-state index contributed by atoms with van der Waals surface area (Å²) in [5, 5.41) is 0. The van der Waals surface area contributed by atoms with Crippen molar-refractivity contribution in [1.82, 2.24) is 0 Å². The molecule has 2 nitrogen and oxygen atoms in total. The number of thioether (sulfide) groups is 1. The number of benzene rings is 1. The Morgan fingerprint density at radius 2 is 1.79 bits per heavy atom. The number of quaternary nitrogens is 1. The summed E-state index contributed by atoms with van der Waals surface area (Å²) in [6.07, 6.45) is 3.50. The van der Waals surface area contributed by atoms with Crippen LogP contribution < -0.4 is 4.90 Å². The highest BCUT2D eigenvalue weighted by atomic mass is 32.2. The Labute approximate surface area is 121 Å². The van der Waals surface area contributed by atoms with Crippen LogP contribution in [0.3, 0.4) is 0 Å². The SMILES string of the molecule is C[C@H]1C[NH+](CCCCSc2ccccc2)C[C@H](C)O1. The number of hydrogen-bond donors (Lipinski definition) is 1. The Bertz CT molecular complexity index is 347. The van der Waals surface area contributed by atoms with Gasteiger partial charge in [-0.15, -0.1) is 11.8 Å². The number of morpholine rings is 1. The van der Waals surface area contributed by atoms with Crippen LogP contribution >= 0.6 is 11.8 Å². The molecule has 1 N–H and O–H groups in total. The van der Waals surface area contributed by atoms with Crippen LogP contribution in [0.5, 0.6) is 0 Å². The maximum Gasteiger partial charge on any atom is 0.104 e. The minimum Gasteiger partial charge on any atom is -0.364 e. The fourth-order valence-corrected chi connectivity index (χ4v) is 3.71. The summed E-state index contributed by atoms with van der Waals surface area (Å²) in [5.74, 6) is 1.24. The van der Waals surface area contributed by atoms with Gasteiger partial charge in [0.05, 0.1) is 6.54 Å². The van der Waals surface area contributed by atoms with E-state index in [2.05, 4.69) is 44.2 Å². The van der Waals surface area contributed by atoms with Gasteiger partial charge in [0.1, 0.15) is 25.3 Å². The van der Waals surface area contributed by atoms with Gasteiger partial charge in [0.2, 0.25) is 0 Å². The molecule has 3 heteroatoms.